The lowest BCUT2D eigenvalue weighted by molar-refractivity contribution is -0.124. The predicted octanol–water partition coefficient (Wildman–Crippen LogP) is 3.23. The van der Waals surface area contributed by atoms with Crippen LogP contribution in [0.25, 0.3) is 0 Å². The van der Waals surface area contributed by atoms with Crippen molar-refractivity contribution in [3.8, 4) is 5.75 Å². The standard InChI is InChI=1S/C22H36N2O3/c1-17(2)20-15-22(11-14-27-20,18-9-6-7-10-19(18)26-5)16-21(25)23-12-8-13-24(3)4/h6-7,9-10,17,20H,8,11-16H2,1-5H3,(H,23,25)/t20-,22+/m1/s1. The Hall–Kier alpha value is -1.59. The zero-order valence-corrected chi connectivity index (χ0v) is 17.6. The molecule has 2 atom stereocenters. The molecule has 1 amide bonds. The van der Waals surface area contributed by atoms with E-state index in [1.807, 2.05) is 32.3 Å². The summed E-state index contributed by atoms with van der Waals surface area (Å²) >= 11 is 0. The molecule has 0 bridgehead atoms. The number of nitrogens with one attached hydrogen (secondary N) is 1. The molecule has 5 nitrogen and oxygen atoms in total. The number of nitrogens with zero attached hydrogens (tertiary/aromatic N) is 1. The zero-order valence-electron chi connectivity index (χ0n) is 17.6. The van der Waals surface area contributed by atoms with Gasteiger partial charge in [-0.05, 0) is 51.9 Å². The van der Waals surface area contributed by atoms with E-state index in [1.54, 1.807) is 7.11 Å². The minimum absolute atomic E-state index is 0.115. The van der Waals surface area contributed by atoms with E-state index in [4.69, 9.17) is 9.47 Å². The molecule has 0 aliphatic carbocycles. The van der Waals surface area contributed by atoms with E-state index >= 15 is 0 Å². The summed E-state index contributed by atoms with van der Waals surface area (Å²) in [7, 11) is 5.80. The SMILES string of the molecule is COc1ccccc1[C@@]1(CC(=O)NCCCN(C)C)CCO[C@@H](C(C)C)C1. The average Bonchev–Trinajstić information content (AvgIpc) is 2.65. The molecular formula is C22H36N2O3. The Morgan fingerprint density at radius 2 is 2.11 bits per heavy atom. The molecule has 0 aromatic heterocycles. The van der Waals surface area contributed by atoms with E-state index in [-0.39, 0.29) is 17.4 Å². The number of hydrogen-bond acceptors (Lipinski definition) is 4. The fourth-order valence-electron chi connectivity index (χ4n) is 3.96. The summed E-state index contributed by atoms with van der Waals surface area (Å²) in [4.78, 5) is 14.9. The second-order valence-electron chi connectivity index (χ2n) is 8.27. The second-order valence-corrected chi connectivity index (χ2v) is 8.27. The molecule has 1 saturated heterocycles. The molecule has 1 heterocycles. The van der Waals surface area contributed by atoms with Gasteiger partial charge in [-0.3, -0.25) is 4.79 Å². The number of ether oxygens (including phenoxy) is 2. The third-order valence-electron chi connectivity index (χ3n) is 5.53. The number of carbonyl (C=O) groups is 1. The molecule has 0 radical (unpaired) electrons. The van der Waals surface area contributed by atoms with Gasteiger partial charge in [-0.1, -0.05) is 32.0 Å². The summed E-state index contributed by atoms with van der Waals surface area (Å²) in [6, 6.07) is 8.12. The third-order valence-corrected chi connectivity index (χ3v) is 5.53. The highest BCUT2D eigenvalue weighted by Crippen LogP contribution is 2.45. The van der Waals surface area contributed by atoms with Crippen LogP contribution < -0.4 is 10.1 Å². The fraction of sp³-hybridized carbons (Fsp3) is 0.682. The van der Waals surface area contributed by atoms with Crippen molar-refractivity contribution in [3.63, 3.8) is 0 Å². The van der Waals surface area contributed by atoms with Crippen LogP contribution in [0.2, 0.25) is 0 Å². The Balaban J connectivity index is 2.19. The average molecular weight is 377 g/mol. The maximum absolute atomic E-state index is 12.8. The molecule has 1 aliphatic rings. The first-order chi connectivity index (χ1) is 12.9. The van der Waals surface area contributed by atoms with Crippen molar-refractivity contribution in [1.29, 1.82) is 0 Å². The van der Waals surface area contributed by atoms with Gasteiger partial charge in [0.15, 0.2) is 0 Å². The van der Waals surface area contributed by atoms with Crippen molar-refractivity contribution in [2.45, 2.75) is 51.0 Å². The van der Waals surface area contributed by atoms with Crippen molar-refractivity contribution in [3.05, 3.63) is 29.8 Å². The first-order valence-electron chi connectivity index (χ1n) is 10.0. The lowest BCUT2D eigenvalue weighted by Gasteiger charge is -2.43. The number of hydrogen-bond donors (Lipinski definition) is 1. The van der Waals surface area contributed by atoms with Gasteiger partial charge in [-0.15, -0.1) is 0 Å². The largest absolute Gasteiger partial charge is 0.496 e. The molecular weight excluding hydrogens is 340 g/mol. The highest BCUT2D eigenvalue weighted by Gasteiger charge is 2.42. The second kappa shape index (κ2) is 10.1. The van der Waals surface area contributed by atoms with Crippen molar-refractivity contribution in [1.82, 2.24) is 10.2 Å². The number of methoxy groups -OCH3 is 1. The van der Waals surface area contributed by atoms with Gasteiger partial charge in [0.2, 0.25) is 5.91 Å². The normalized spacial score (nSPS) is 22.9. The van der Waals surface area contributed by atoms with Crippen LogP contribution in [0.5, 0.6) is 5.75 Å². The van der Waals surface area contributed by atoms with Crippen molar-refractivity contribution < 1.29 is 14.3 Å². The van der Waals surface area contributed by atoms with Crippen molar-refractivity contribution in [2.24, 2.45) is 5.92 Å². The maximum Gasteiger partial charge on any atom is 0.220 e. The number of amides is 1. The minimum Gasteiger partial charge on any atom is -0.496 e. The van der Waals surface area contributed by atoms with E-state index in [0.717, 1.165) is 37.1 Å². The molecule has 0 saturated carbocycles. The van der Waals surface area contributed by atoms with Crippen LogP contribution in [0.1, 0.15) is 45.1 Å². The number of benzene rings is 1. The van der Waals surface area contributed by atoms with Gasteiger partial charge in [0.05, 0.1) is 13.2 Å². The predicted molar refractivity (Wildman–Crippen MR) is 109 cm³/mol. The smallest absolute Gasteiger partial charge is 0.220 e. The summed E-state index contributed by atoms with van der Waals surface area (Å²) in [6.07, 6.45) is 3.27. The molecule has 0 spiro atoms. The summed E-state index contributed by atoms with van der Waals surface area (Å²) < 4.78 is 11.7. The van der Waals surface area contributed by atoms with Gasteiger partial charge in [0, 0.05) is 30.6 Å². The van der Waals surface area contributed by atoms with Crippen molar-refractivity contribution in [2.75, 3.05) is 40.9 Å². The van der Waals surface area contributed by atoms with Crippen molar-refractivity contribution >= 4 is 5.91 Å². The Morgan fingerprint density at radius 3 is 2.78 bits per heavy atom. The number of carbonyl (C=O) groups excluding carboxylic acids is 1. The lowest BCUT2D eigenvalue weighted by Crippen LogP contribution is -2.44. The summed E-state index contributed by atoms with van der Waals surface area (Å²) in [5.74, 6) is 1.40. The molecule has 0 unspecified atom stereocenters. The fourth-order valence-corrected chi connectivity index (χ4v) is 3.96. The number of rotatable bonds is 9. The lowest BCUT2D eigenvalue weighted by atomic mass is 9.68. The van der Waals surface area contributed by atoms with E-state index in [2.05, 4.69) is 30.1 Å². The van der Waals surface area contributed by atoms with Crippen LogP contribution in [0.4, 0.5) is 0 Å². The van der Waals surface area contributed by atoms with E-state index in [1.165, 1.54) is 0 Å². The highest BCUT2D eigenvalue weighted by molar-refractivity contribution is 5.78. The Labute approximate surface area is 164 Å². The van der Waals surface area contributed by atoms with E-state index < -0.39 is 0 Å². The van der Waals surface area contributed by atoms with E-state index in [0.29, 0.717) is 25.5 Å². The Morgan fingerprint density at radius 1 is 1.37 bits per heavy atom. The Bertz CT molecular complexity index is 603. The molecule has 1 fully saturated rings. The van der Waals surface area contributed by atoms with Crippen LogP contribution in [-0.4, -0.2) is 57.8 Å². The van der Waals surface area contributed by atoms with Crippen LogP contribution in [0.15, 0.2) is 24.3 Å². The first kappa shape index (κ1) is 21.7. The quantitative estimate of drug-likeness (QED) is 0.673. The summed E-state index contributed by atoms with van der Waals surface area (Å²) in [6.45, 7) is 6.73. The zero-order chi connectivity index (χ0) is 19.9. The molecule has 2 rings (SSSR count). The van der Waals surface area contributed by atoms with Crippen LogP contribution >= 0.6 is 0 Å². The van der Waals surface area contributed by atoms with Crippen LogP contribution in [0, 0.1) is 5.92 Å². The third kappa shape index (κ3) is 5.94. The maximum atomic E-state index is 12.8. The molecule has 1 N–H and O–H groups in total. The van der Waals surface area contributed by atoms with Crippen LogP contribution in [0.3, 0.4) is 0 Å². The summed E-state index contributed by atoms with van der Waals surface area (Å²) in [5.41, 5.74) is 0.885. The molecule has 1 aromatic carbocycles. The van der Waals surface area contributed by atoms with Gasteiger partial charge < -0.3 is 19.7 Å². The molecule has 1 aromatic rings. The van der Waals surface area contributed by atoms with Gasteiger partial charge in [0.1, 0.15) is 5.75 Å². The molecule has 5 heteroatoms. The minimum atomic E-state index is -0.245. The van der Waals surface area contributed by atoms with Gasteiger partial charge in [-0.2, -0.15) is 0 Å². The molecule has 27 heavy (non-hydrogen) atoms. The molecule has 152 valence electrons. The van der Waals surface area contributed by atoms with Gasteiger partial charge >= 0.3 is 0 Å². The summed E-state index contributed by atoms with van der Waals surface area (Å²) in [5, 5.41) is 3.11. The Kier molecular flexibility index (Phi) is 8.11. The monoisotopic (exact) mass is 376 g/mol. The highest BCUT2D eigenvalue weighted by atomic mass is 16.5. The molecule has 1 aliphatic heterocycles. The number of para-hydroxylation sites is 1. The van der Waals surface area contributed by atoms with Gasteiger partial charge in [0.25, 0.3) is 0 Å². The van der Waals surface area contributed by atoms with E-state index in [9.17, 15) is 4.79 Å². The van der Waals surface area contributed by atoms with Crippen LogP contribution in [-0.2, 0) is 14.9 Å². The van der Waals surface area contributed by atoms with Gasteiger partial charge in [-0.25, -0.2) is 0 Å². The first-order valence-corrected chi connectivity index (χ1v) is 10.0. The topological polar surface area (TPSA) is 50.8 Å².